The van der Waals surface area contributed by atoms with Crippen LogP contribution in [-0.2, 0) is 17.6 Å². The summed E-state index contributed by atoms with van der Waals surface area (Å²) in [5.41, 5.74) is 6.01. The molecule has 36 heavy (non-hydrogen) atoms. The molecule has 1 N–H and O–H groups in total. The van der Waals surface area contributed by atoms with Crippen molar-refractivity contribution in [2.24, 2.45) is 0 Å². The van der Waals surface area contributed by atoms with Crippen molar-refractivity contribution in [3.05, 3.63) is 70.5 Å². The molecule has 2 heterocycles. The van der Waals surface area contributed by atoms with Gasteiger partial charge in [0.1, 0.15) is 0 Å². The van der Waals surface area contributed by atoms with E-state index in [9.17, 15) is 4.79 Å². The van der Waals surface area contributed by atoms with E-state index in [2.05, 4.69) is 41.4 Å². The minimum absolute atomic E-state index is 0.0233. The molecule has 1 fully saturated rings. The third-order valence-corrected chi connectivity index (χ3v) is 7.16. The number of methoxy groups -OCH3 is 2. The number of morpholine rings is 1. The highest BCUT2D eigenvalue weighted by molar-refractivity contribution is 5.94. The third-order valence-electron chi connectivity index (χ3n) is 7.16. The molecule has 0 bridgehead atoms. The average molecular weight is 491 g/mol. The van der Waals surface area contributed by atoms with E-state index < -0.39 is 0 Å². The van der Waals surface area contributed by atoms with Crippen molar-refractivity contribution in [3.63, 3.8) is 0 Å². The normalized spacial score (nSPS) is 16.4. The van der Waals surface area contributed by atoms with E-state index in [1.165, 1.54) is 5.56 Å². The second-order valence-electron chi connectivity index (χ2n) is 9.36. The van der Waals surface area contributed by atoms with Gasteiger partial charge < -0.3 is 19.5 Å². The topological polar surface area (TPSA) is 77.9 Å². The van der Waals surface area contributed by atoms with Gasteiger partial charge in [-0.1, -0.05) is 23.8 Å². The fourth-order valence-electron chi connectivity index (χ4n) is 5.20. The number of aryl methyl sites for hydroxylation is 1. The second kappa shape index (κ2) is 10.7. The summed E-state index contributed by atoms with van der Waals surface area (Å²) in [6.07, 6.45) is 2.86. The minimum atomic E-state index is -0.127. The van der Waals surface area contributed by atoms with E-state index in [0.717, 1.165) is 54.9 Å². The first-order valence-electron chi connectivity index (χ1n) is 12.6. The SMILES string of the molecule is COc1ccc(C(CNC(=O)c2nn(-c3ccc(C)cc3)c3c2CCC3)N2CCOCC2)cc1OC. The highest BCUT2D eigenvalue weighted by atomic mass is 16.5. The fourth-order valence-corrected chi connectivity index (χ4v) is 5.20. The summed E-state index contributed by atoms with van der Waals surface area (Å²) in [5.74, 6) is 1.23. The van der Waals surface area contributed by atoms with Crippen LogP contribution in [0.15, 0.2) is 42.5 Å². The van der Waals surface area contributed by atoms with Crippen molar-refractivity contribution in [2.45, 2.75) is 32.2 Å². The van der Waals surface area contributed by atoms with E-state index >= 15 is 0 Å². The summed E-state index contributed by atoms with van der Waals surface area (Å²) < 4.78 is 18.5. The summed E-state index contributed by atoms with van der Waals surface area (Å²) in [6.45, 7) is 5.47. The number of fused-ring (bicyclic) bond motifs is 1. The Labute approximate surface area is 212 Å². The first-order valence-corrected chi connectivity index (χ1v) is 12.6. The molecular weight excluding hydrogens is 456 g/mol. The lowest BCUT2D eigenvalue weighted by atomic mass is 10.0. The maximum Gasteiger partial charge on any atom is 0.272 e. The molecule has 1 aromatic heterocycles. The first-order chi connectivity index (χ1) is 17.6. The third kappa shape index (κ3) is 4.83. The van der Waals surface area contributed by atoms with E-state index in [1.807, 2.05) is 22.9 Å². The molecule has 1 amide bonds. The highest BCUT2D eigenvalue weighted by Crippen LogP contribution is 2.32. The largest absolute Gasteiger partial charge is 0.493 e. The molecule has 0 saturated carbocycles. The molecule has 0 radical (unpaired) electrons. The van der Waals surface area contributed by atoms with Crippen molar-refractivity contribution in [1.29, 1.82) is 0 Å². The maximum atomic E-state index is 13.5. The van der Waals surface area contributed by atoms with Crippen LogP contribution in [0.3, 0.4) is 0 Å². The fraction of sp³-hybridized carbons (Fsp3) is 0.429. The zero-order valence-electron chi connectivity index (χ0n) is 21.3. The van der Waals surface area contributed by atoms with Crippen LogP contribution in [0, 0.1) is 6.92 Å². The first kappa shape index (κ1) is 24.3. The van der Waals surface area contributed by atoms with Crippen LogP contribution in [0.4, 0.5) is 0 Å². The zero-order valence-corrected chi connectivity index (χ0v) is 21.3. The number of rotatable bonds is 8. The number of hydrogen-bond donors (Lipinski definition) is 1. The molecular formula is C28H34N4O4. The average Bonchev–Trinajstić information content (AvgIpc) is 3.53. The van der Waals surface area contributed by atoms with Crippen molar-refractivity contribution in [3.8, 4) is 17.2 Å². The van der Waals surface area contributed by atoms with Gasteiger partial charge >= 0.3 is 0 Å². The van der Waals surface area contributed by atoms with Crippen LogP contribution in [0.25, 0.3) is 5.69 Å². The molecule has 8 nitrogen and oxygen atoms in total. The zero-order chi connectivity index (χ0) is 25.1. The number of aromatic nitrogens is 2. The Morgan fingerprint density at radius 3 is 2.53 bits per heavy atom. The Morgan fingerprint density at radius 2 is 1.81 bits per heavy atom. The number of nitrogens with zero attached hydrogens (tertiary/aromatic N) is 3. The number of carbonyl (C=O) groups excluding carboxylic acids is 1. The number of nitrogens with one attached hydrogen (secondary N) is 1. The quantitative estimate of drug-likeness (QED) is 0.521. The van der Waals surface area contributed by atoms with Crippen molar-refractivity contribution < 1.29 is 19.0 Å². The van der Waals surface area contributed by atoms with Crippen LogP contribution >= 0.6 is 0 Å². The summed E-state index contributed by atoms with van der Waals surface area (Å²) in [6, 6.07) is 14.2. The number of ether oxygens (including phenoxy) is 3. The van der Waals surface area contributed by atoms with E-state index in [-0.39, 0.29) is 11.9 Å². The Kier molecular flexibility index (Phi) is 7.25. The predicted octanol–water partition coefficient (Wildman–Crippen LogP) is 3.49. The molecule has 2 aliphatic rings. The van der Waals surface area contributed by atoms with E-state index in [4.69, 9.17) is 19.3 Å². The summed E-state index contributed by atoms with van der Waals surface area (Å²) in [5, 5.41) is 7.97. The van der Waals surface area contributed by atoms with Gasteiger partial charge in [-0.05, 0) is 56.0 Å². The lowest BCUT2D eigenvalue weighted by Crippen LogP contribution is -2.44. The van der Waals surface area contributed by atoms with Crippen molar-refractivity contribution in [1.82, 2.24) is 20.0 Å². The van der Waals surface area contributed by atoms with Crippen LogP contribution < -0.4 is 14.8 Å². The summed E-state index contributed by atoms with van der Waals surface area (Å²) in [4.78, 5) is 15.8. The van der Waals surface area contributed by atoms with Gasteiger partial charge in [-0.15, -0.1) is 0 Å². The van der Waals surface area contributed by atoms with Gasteiger partial charge in [-0.25, -0.2) is 4.68 Å². The van der Waals surface area contributed by atoms with Gasteiger partial charge in [0, 0.05) is 30.9 Å². The van der Waals surface area contributed by atoms with E-state index in [0.29, 0.717) is 37.0 Å². The predicted molar refractivity (Wildman–Crippen MR) is 137 cm³/mol. The lowest BCUT2D eigenvalue weighted by molar-refractivity contribution is 0.0161. The molecule has 8 heteroatoms. The Balaban J connectivity index is 1.39. The van der Waals surface area contributed by atoms with Crippen LogP contribution in [0.2, 0.25) is 0 Å². The molecule has 1 aliphatic carbocycles. The maximum absolute atomic E-state index is 13.5. The molecule has 3 aromatic rings. The Hall–Kier alpha value is -3.36. The van der Waals surface area contributed by atoms with E-state index in [1.54, 1.807) is 14.2 Å². The monoisotopic (exact) mass is 490 g/mol. The molecule has 2 aromatic carbocycles. The van der Waals surface area contributed by atoms with Crippen LogP contribution in [0.1, 0.15) is 45.3 Å². The lowest BCUT2D eigenvalue weighted by Gasteiger charge is -2.35. The molecule has 0 spiro atoms. The number of amides is 1. The number of benzene rings is 2. The Morgan fingerprint density at radius 1 is 1.06 bits per heavy atom. The van der Waals surface area contributed by atoms with Gasteiger partial charge in [0.15, 0.2) is 17.2 Å². The number of hydrogen-bond acceptors (Lipinski definition) is 6. The smallest absolute Gasteiger partial charge is 0.272 e. The standard InChI is InChI=1S/C28H34N4O4/c1-19-7-10-21(11-8-19)32-23-6-4-5-22(23)27(30-32)28(33)29-18-24(31-13-15-36-16-14-31)20-9-12-25(34-2)26(17-20)35-3/h7-12,17,24H,4-6,13-16,18H2,1-3H3,(H,29,33). The summed E-state index contributed by atoms with van der Waals surface area (Å²) in [7, 11) is 3.27. The number of carbonyl (C=O) groups is 1. The highest BCUT2D eigenvalue weighted by Gasteiger charge is 2.29. The minimum Gasteiger partial charge on any atom is -0.493 e. The molecule has 1 aliphatic heterocycles. The van der Waals surface area contributed by atoms with Crippen LogP contribution in [0.5, 0.6) is 11.5 Å². The Bertz CT molecular complexity index is 1220. The van der Waals surface area contributed by atoms with Crippen LogP contribution in [-0.4, -0.2) is 67.7 Å². The molecule has 5 rings (SSSR count). The molecule has 1 atom stereocenters. The van der Waals surface area contributed by atoms with Crippen molar-refractivity contribution >= 4 is 5.91 Å². The van der Waals surface area contributed by atoms with Gasteiger partial charge in [0.05, 0.1) is 39.2 Å². The second-order valence-corrected chi connectivity index (χ2v) is 9.36. The van der Waals surface area contributed by atoms with Gasteiger partial charge in [-0.3, -0.25) is 9.69 Å². The molecule has 1 unspecified atom stereocenters. The van der Waals surface area contributed by atoms with Crippen molar-refractivity contribution in [2.75, 3.05) is 47.1 Å². The molecule has 1 saturated heterocycles. The van der Waals surface area contributed by atoms with Gasteiger partial charge in [0.2, 0.25) is 0 Å². The van der Waals surface area contributed by atoms with Gasteiger partial charge in [0.25, 0.3) is 5.91 Å². The van der Waals surface area contributed by atoms with Gasteiger partial charge in [-0.2, -0.15) is 5.10 Å². The summed E-state index contributed by atoms with van der Waals surface area (Å²) >= 11 is 0. The molecule has 190 valence electrons.